The summed E-state index contributed by atoms with van der Waals surface area (Å²) in [4.78, 5) is 19.3. The van der Waals surface area contributed by atoms with Gasteiger partial charge in [-0.2, -0.15) is 0 Å². The number of carbonyl (C=O) groups is 1. The molecule has 4 rings (SSSR count). The lowest BCUT2D eigenvalue weighted by atomic mass is 10.2. The maximum Gasteiger partial charge on any atom is 0.231 e. The summed E-state index contributed by atoms with van der Waals surface area (Å²) < 4.78 is 1.96. The number of hydrogen-bond donors (Lipinski definition) is 0. The highest BCUT2D eigenvalue weighted by molar-refractivity contribution is 8.16. The molecule has 5 nitrogen and oxygen atoms in total. The number of amidine groups is 1. The van der Waals surface area contributed by atoms with Crippen molar-refractivity contribution in [2.45, 2.75) is 16.9 Å². The van der Waals surface area contributed by atoms with Gasteiger partial charge in [0.1, 0.15) is 6.17 Å². The van der Waals surface area contributed by atoms with Crippen LogP contribution in [0, 0.1) is 0 Å². The number of aliphatic imine (C=N–C) groups is 1. The molecule has 146 valence electrons. The summed E-state index contributed by atoms with van der Waals surface area (Å²) in [5.41, 5.74) is 1.86. The minimum atomic E-state index is -1.68. The molecule has 0 N–H and O–H groups in total. The van der Waals surface area contributed by atoms with Crippen LogP contribution < -0.4 is 4.31 Å². The van der Waals surface area contributed by atoms with Gasteiger partial charge < -0.3 is 0 Å². The van der Waals surface area contributed by atoms with Gasteiger partial charge in [-0.05, 0) is 19.2 Å². The number of hydrogen-bond acceptors (Lipinski definition) is 4. The molecule has 9 heteroatoms. The first-order valence-electron chi connectivity index (χ1n) is 8.51. The molecule has 28 heavy (non-hydrogen) atoms. The highest BCUT2D eigenvalue weighted by atomic mass is 35.6. The van der Waals surface area contributed by atoms with Crippen LogP contribution in [0.1, 0.15) is 12.5 Å². The molecular weight excluding hydrogens is 439 g/mol. The minimum Gasteiger partial charge on any atom is -0.274 e. The number of alkyl halides is 3. The Hall–Kier alpha value is -1.57. The zero-order valence-electron chi connectivity index (χ0n) is 15.1. The summed E-state index contributed by atoms with van der Waals surface area (Å²) in [5.74, 6) is 0.568. The SMILES string of the molecule is CC(=O)N1[C@H](C(Cl)(Cl)Cl)N(C)C2=S1N(c1ccccc1)C(c1ccccc1)=N2. The van der Waals surface area contributed by atoms with Gasteiger partial charge in [0.25, 0.3) is 0 Å². The zero-order valence-corrected chi connectivity index (χ0v) is 18.2. The number of rotatable bonds is 2. The zero-order chi connectivity index (χ0) is 20.1. The molecule has 2 aromatic rings. The first kappa shape index (κ1) is 19.7. The van der Waals surface area contributed by atoms with E-state index in [-0.39, 0.29) is 5.91 Å². The van der Waals surface area contributed by atoms with Crippen molar-refractivity contribution in [3.05, 3.63) is 66.2 Å². The van der Waals surface area contributed by atoms with Crippen molar-refractivity contribution in [1.29, 1.82) is 0 Å². The number of para-hydroxylation sites is 1. The molecule has 0 fully saturated rings. The summed E-state index contributed by atoms with van der Waals surface area (Å²) in [5, 5.41) is 0.689. The molecule has 0 radical (unpaired) electrons. The van der Waals surface area contributed by atoms with Crippen molar-refractivity contribution >= 4 is 68.2 Å². The third kappa shape index (κ3) is 3.23. The molecule has 2 heterocycles. The fourth-order valence-corrected chi connectivity index (χ4v) is 6.59. The van der Waals surface area contributed by atoms with Crippen LogP contribution in [0.3, 0.4) is 0 Å². The lowest BCUT2D eigenvalue weighted by molar-refractivity contribution is -0.126. The fourth-order valence-electron chi connectivity index (χ4n) is 3.28. The summed E-state index contributed by atoms with van der Waals surface area (Å²) in [6.07, 6.45) is -0.749. The standard InChI is InChI=1S/C19H17Cl3N4OS/c1-13(27)25-17(19(20,21)22)24(2)18-23-16(14-9-5-3-6-10-14)26(28(18)25)15-11-7-4-8-12-15/h3-12,17H,1-2H3/t17-,28?/m1/s1. The highest BCUT2D eigenvalue weighted by Gasteiger charge is 2.53. The molecule has 0 aliphatic carbocycles. The van der Waals surface area contributed by atoms with Gasteiger partial charge in [0.15, 0.2) is 10.9 Å². The van der Waals surface area contributed by atoms with Crippen LogP contribution in [0.25, 0.3) is 0 Å². The van der Waals surface area contributed by atoms with Crippen molar-refractivity contribution in [1.82, 2.24) is 9.21 Å². The molecule has 0 saturated heterocycles. The maximum atomic E-state index is 12.7. The smallest absolute Gasteiger partial charge is 0.231 e. The average Bonchev–Trinajstić information content (AvgIpc) is 3.18. The molecule has 0 aromatic heterocycles. The van der Waals surface area contributed by atoms with Crippen molar-refractivity contribution in [2.24, 2.45) is 4.99 Å². The minimum absolute atomic E-state index is 0.188. The number of anilines is 1. The summed E-state index contributed by atoms with van der Waals surface area (Å²) in [6, 6.07) is 19.7. The maximum absolute atomic E-state index is 12.7. The molecule has 2 aromatic carbocycles. The van der Waals surface area contributed by atoms with Gasteiger partial charge in [-0.1, -0.05) is 83.3 Å². The predicted molar refractivity (Wildman–Crippen MR) is 119 cm³/mol. The number of benzene rings is 2. The third-order valence-electron chi connectivity index (χ3n) is 4.43. The van der Waals surface area contributed by atoms with Gasteiger partial charge >= 0.3 is 0 Å². The van der Waals surface area contributed by atoms with E-state index in [0.717, 1.165) is 17.1 Å². The summed E-state index contributed by atoms with van der Waals surface area (Å²) >= 11 is 18.8. The van der Waals surface area contributed by atoms with Crippen LogP contribution in [0.15, 0.2) is 65.7 Å². The number of halogens is 3. The van der Waals surface area contributed by atoms with E-state index < -0.39 is 20.8 Å². The third-order valence-corrected chi connectivity index (χ3v) is 7.28. The van der Waals surface area contributed by atoms with Crippen LogP contribution in [-0.2, 0) is 4.79 Å². The van der Waals surface area contributed by atoms with Crippen LogP contribution in [0.2, 0.25) is 0 Å². The van der Waals surface area contributed by atoms with E-state index in [1.807, 2.05) is 65.0 Å². The van der Waals surface area contributed by atoms with Gasteiger partial charge in [0.05, 0.1) is 16.5 Å². The Morgan fingerprint density at radius 2 is 1.61 bits per heavy atom. The van der Waals surface area contributed by atoms with E-state index >= 15 is 0 Å². The Kier molecular flexibility index (Phi) is 5.18. The van der Waals surface area contributed by atoms with Gasteiger partial charge in [0.2, 0.25) is 9.70 Å². The van der Waals surface area contributed by atoms with Crippen molar-refractivity contribution in [2.75, 3.05) is 11.4 Å². The first-order chi connectivity index (χ1) is 13.3. The highest BCUT2D eigenvalue weighted by Crippen LogP contribution is 2.50. The largest absolute Gasteiger partial charge is 0.274 e. The molecule has 0 saturated carbocycles. The predicted octanol–water partition coefficient (Wildman–Crippen LogP) is 4.63. The van der Waals surface area contributed by atoms with Crippen molar-refractivity contribution < 1.29 is 4.79 Å². The second kappa shape index (κ2) is 7.35. The molecule has 2 aliphatic heterocycles. The Labute approximate surface area is 181 Å². The fraction of sp³-hybridized carbons (Fsp3) is 0.211. The molecular formula is C19H17Cl3N4OS. The van der Waals surface area contributed by atoms with Crippen LogP contribution in [-0.4, -0.2) is 43.1 Å². The lowest BCUT2D eigenvalue weighted by Gasteiger charge is -2.37. The Bertz CT molecular complexity index is 976. The first-order valence-corrected chi connectivity index (χ1v) is 10.8. The van der Waals surface area contributed by atoms with Crippen LogP contribution in [0.5, 0.6) is 0 Å². The molecule has 1 amide bonds. The molecule has 2 atom stereocenters. The van der Waals surface area contributed by atoms with E-state index in [4.69, 9.17) is 39.8 Å². The van der Waals surface area contributed by atoms with Crippen molar-refractivity contribution in [3.63, 3.8) is 0 Å². The van der Waals surface area contributed by atoms with Crippen molar-refractivity contribution in [3.8, 4) is 0 Å². The molecule has 0 spiro atoms. The Morgan fingerprint density at radius 3 is 2.14 bits per heavy atom. The van der Waals surface area contributed by atoms with Crippen LogP contribution >= 0.6 is 45.7 Å². The van der Waals surface area contributed by atoms with E-state index in [0.29, 0.717) is 5.11 Å². The number of amides is 1. The second-order valence-corrected chi connectivity index (χ2v) is 10.4. The van der Waals surface area contributed by atoms with Gasteiger partial charge in [-0.15, -0.1) is 0 Å². The average molecular weight is 456 g/mol. The molecule has 1 unspecified atom stereocenters. The normalized spacial score (nSPS) is 22.5. The Balaban J connectivity index is 1.91. The van der Waals surface area contributed by atoms with E-state index in [9.17, 15) is 4.79 Å². The van der Waals surface area contributed by atoms with E-state index in [1.54, 1.807) is 16.3 Å². The van der Waals surface area contributed by atoms with Gasteiger partial charge in [0, 0.05) is 12.5 Å². The quantitative estimate of drug-likeness (QED) is 0.489. The molecule has 0 bridgehead atoms. The summed E-state index contributed by atoms with van der Waals surface area (Å²) in [6.45, 7) is 1.48. The lowest BCUT2D eigenvalue weighted by Crippen LogP contribution is -2.51. The van der Waals surface area contributed by atoms with Crippen LogP contribution in [0.4, 0.5) is 5.69 Å². The number of carbonyl (C=O) groups excluding carboxylic acids is 1. The van der Waals surface area contributed by atoms with E-state index in [1.165, 1.54) is 6.92 Å². The Morgan fingerprint density at radius 1 is 1.04 bits per heavy atom. The van der Waals surface area contributed by atoms with Gasteiger partial charge in [-0.3, -0.25) is 13.4 Å². The van der Waals surface area contributed by atoms with E-state index in [2.05, 4.69) is 0 Å². The second-order valence-electron chi connectivity index (χ2n) is 6.35. The number of nitrogens with zero attached hydrogens (tertiary/aromatic N) is 4. The topological polar surface area (TPSA) is 39.2 Å². The summed E-state index contributed by atoms with van der Waals surface area (Å²) in [7, 11) is 0.938. The van der Waals surface area contributed by atoms with Gasteiger partial charge in [-0.25, -0.2) is 9.89 Å². The molecule has 2 aliphatic rings. The monoisotopic (exact) mass is 454 g/mol.